The van der Waals surface area contributed by atoms with Crippen LogP contribution in [0.25, 0.3) is 11.3 Å². The first-order valence-corrected chi connectivity index (χ1v) is 14.1. The van der Waals surface area contributed by atoms with E-state index in [9.17, 15) is 9.59 Å². The highest BCUT2D eigenvalue weighted by atomic mass is 35.5. The number of nitrogens with one attached hydrogen (secondary N) is 1. The van der Waals surface area contributed by atoms with Crippen LogP contribution < -0.4 is 19.5 Å². The highest BCUT2D eigenvalue weighted by Gasteiger charge is 2.39. The minimum absolute atomic E-state index is 0.0231. The molecule has 0 radical (unpaired) electrons. The van der Waals surface area contributed by atoms with Crippen molar-refractivity contribution in [2.24, 2.45) is 0 Å². The molecule has 4 rings (SSSR count). The van der Waals surface area contributed by atoms with E-state index >= 15 is 0 Å². The summed E-state index contributed by atoms with van der Waals surface area (Å²) in [6.45, 7) is 4.22. The Kier molecular flexibility index (Phi) is 10.9. The molecule has 1 aromatic heterocycles. The molecule has 1 atom stereocenters. The molecule has 2 aromatic carbocycles. The molecule has 0 fully saturated rings. The third kappa shape index (κ3) is 6.81. The standard InChI is InChI=1S/C31H35ClN4O8/c1-7-44-31(38)28-23(33-18(2)26(30(37)42-6)27(28)20-10-8-9-11-21(20)32)17-43-13-12-36-16-22(34-35-36)19-14-24(39-3)29(41-5)25(15-19)40-4/h8-11,14-16,27,33H,7,12-13,17H2,1-6H3. The van der Waals surface area contributed by atoms with Crippen LogP contribution in [0.15, 0.2) is 65.1 Å². The summed E-state index contributed by atoms with van der Waals surface area (Å²) in [5.41, 5.74) is 3.35. The third-order valence-electron chi connectivity index (χ3n) is 6.97. The molecule has 0 spiro atoms. The smallest absolute Gasteiger partial charge is 0.336 e. The minimum Gasteiger partial charge on any atom is -0.493 e. The molecule has 13 heteroatoms. The molecule has 3 aromatic rings. The summed E-state index contributed by atoms with van der Waals surface area (Å²) >= 11 is 6.57. The molecule has 0 saturated carbocycles. The van der Waals surface area contributed by atoms with Crippen molar-refractivity contribution in [1.82, 2.24) is 20.3 Å². The van der Waals surface area contributed by atoms with Gasteiger partial charge in [-0.2, -0.15) is 0 Å². The number of hydrogen-bond donors (Lipinski definition) is 1. The zero-order valence-corrected chi connectivity index (χ0v) is 26.2. The van der Waals surface area contributed by atoms with Gasteiger partial charge in [0.15, 0.2) is 11.5 Å². The summed E-state index contributed by atoms with van der Waals surface area (Å²) < 4.78 is 34.4. The van der Waals surface area contributed by atoms with Crippen LogP contribution in [0.5, 0.6) is 17.2 Å². The van der Waals surface area contributed by atoms with Crippen molar-refractivity contribution in [2.45, 2.75) is 26.3 Å². The first-order chi connectivity index (χ1) is 21.3. The van der Waals surface area contributed by atoms with Crippen molar-refractivity contribution >= 4 is 23.5 Å². The molecular weight excluding hydrogens is 592 g/mol. The molecule has 1 unspecified atom stereocenters. The number of carbonyl (C=O) groups is 2. The van der Waals surface area contributed by atoms with E-state index in [1.165, 1.54) is 14.2 Å². The van der Waals surface area contributed by atoms with Crippen LogP contribution in [0.1, 0.15) is 25.3 Å². The number of allylic oxidation sites excluding steroid dienone is 1. The van der Waals surface area contributed by atoms with E-state index in [-0.39, 0.29) is 31.0 Å². The first-order valence-electron chi connectivity index (χ1n) is 13.8. The monoisotopic (exact) mass is 626 g/mol. The van der Waals surface area contributed by atoms with Gasteiger partial charge >= 0.3 is 11.9 Å². The molecule has 12 nitrogen and oxygen atoms in total. The van der Waals surface area contributed by atoms with Crippen LogP contribution in [0, 0.1) is 0 Å². The lowest BCUT2D eigenvalue weighted by Gasteiger charge is -2.31. The van der Waals surface area contributed by atoms with E-state index in [2.05, 4.69) is 15.6 Å². The zero-order valence-electron chi connectivity index (χ0n) is 25.4. The van der Waals surface area contributed by atoms with Gasteiger partial charge in [0.05, 0.1) is 83.8 Å². The Bertz CT molecular complexity index is 1560. The number of esters is 2. The predicted molar refractivity (Wildman–Crippen MR) is 162 cm³/mol. The van der Waals surface area contributed by atoms with Crippen molar-refractivity contribution in [1.29, 1.82) is 0 Å². The molecular formula is C31H35ClN4O8. The Morgan fingerprint density at radius 1 is 1.00 bits per heavy atom. The Labute approximate surface area is 260 Å². The van der Waals surface area contributed by atoms with E-state index in [1.807, 2.05) is 0 Å². The summed E-state index contributed by atoms with van der Waals surface area (Å²) in [4.78, 5) is 26.3. The van der Waals surface area contributed by atoms with Crippen LogP contribution in [0.4, 0.5) is 0 Å². The van der Waals surface area contributed by atoms with E-state index in [4.69, 9.17) is 40.0 Å². The van der Waals surface area contributed by atoms with E-state index in [1.54, 1.807) is 75.3 Å². The maximum atomic E-state index is 13.3. The normalized spacial score (nSPS) is 14.7. The second-order valence-corrected chi connectivity index (χ2v) is 9.96. The van der Waals surface area contributed by atoms with Gasteiger partial charge in [0.2, 0.25) is 5.75 Å². The fourth-order valence-corrected chi connectivity index (χ4v) is 5.21. The Balaban J connectivity index is 1.56. The van der Waals surface area contributed by atoms with Crippen molar-refractivity contribution in [3.63, 3.8) is 0 Å². The molecule has 1 aliphatic rings. The topological polar surface area (TPSA) is 132 Å². The Morgan fingerprint density at radius 2 is 1.70 bits per heavy atom. The molecule has 1 N–H and O–H groups in total. The Hall–Kier alpha value is -4.55. The van der Waals surface area contributed by atoms with Gasteiger partial charge in [0.1, 0.15) is 5.69 Å². The lowest BCUT2D eigenvalue weighted by Crippen LogP contribution is -2.35. The molecule has 0 aliphatic carbocycles. The molecule has 0 amide bonds. The highest BCUT2D eigenvalue weighted by molar-refractivity contribution is 6.31. The summed E-state index contributed by atoms with van der Waals surface area (Å²) in [5.74, 6) is -0.529. The van der Waals surface area contributed by atoms with Gasteiger partial charge in [0.25, 0.3) is 0 Å². The average molecular weight is 627 g/mol. The lowest BCUT2D eigenvalue weighted by molar-refractivity contribution is -0.139. The second kappa shape index (κ2) is 14.8. The van der Waals surface area contributed by atoms with Crippen molar-refractivity contribution in [3.8, 4) is 28.5 Å². The van der Waals surface area contributed by atoms with E-state index in [0.717, 1.165) is 5.56 Å². The molecule has 44 heavy (non-hydrogen) atoms. The summed E-state index contributed by atoms with van der Waals surface area (Å²) in [6.07, 6.45) is 1.77. The maximum absolute atomic E-state index is 13.3. The van der Waals surface area contributed by atoms with E-state index in [0.29, 0.717) is 51.5 Å². The molecule has 1 aliphatic heterocycles. The second-order valence-electron chi connectivity index (χ2n) is 9.56. The number of benzene rings is 2. The quantitative estimate of drug-likeness (QED) is 0.215. The number of rotatable bonds is 13. The summed E-state index contributed by atoms with van der Waals surface area (Å²) in [5, 5.41) is 12.0. The number of carbonyl (C=O) groups excluding carboxylic acids is 2. The fourth-order valence-electron chi connectivity index (χ4n) is 4.96. The molecule has 234 valence electrons. The van der Waals surface area contributed by atoms with Crippen LogP contribution in [0.3, 0.4) is 0 Å². The third-order valence-corrected chi connectivity index (χ3v) is 7.32. The fraction of sp³-hybridized carbons (Fsp3) is 0.355. The number of hydrogen-bond acceptors (Lipinski definition) is 11. The maximum Gasteiger partial charge on any atom is 0.336 e. The first kappa shape index (κ1) is 32.4. The number of dihydropyridines is 1. The number of ether oxygens (including phenoxy) is 6. The van der Waals surface area contributed by atoms with Gasteiger partial charge in [0, 0.05) is 16.3 Å². The van der Waals surface area contributed by atoms with E-state index < -0.39 is 17.9 Å². The van der Waals surface area contributed by atoms with Crippen LogP contribution >= 0.6 is 11.6 Å². The van der Waals surface area contributed by atoms with Gasteiger partial charge in [-0.1, -0.05) is 35.0 Å². The number of methoxy groups -OCH3 is 4. The van der Waals surface area contributed by atoms with Gasteiger partial charge in [-0.15, -0.1) is 5.10 Å². The number of halogens is 1. The van der Waals surface area contributed by atoms with Gasteiger partial charge < -0.3 is 33.7 Å². The van der Waals surface area contributed by atoms with Gasteiger partial charge in [-0.25, -0.2) is 14.3 Å². The number of aromatic nitrogens is 3. The van der Waals surface area contributed by atoms with Crippen LogP contribution in [0.2, 0.25) is 5.02 Å². The SMILES string of the molecule is CCOC(=O)C1=C(COCCn2cc(-c3cc(OC)c(OC)c(OC)c3)nn2)NC(C)=C(C(=O)OC)C1c1ccccc1Cl. The van der Waals surface area contributed by atoms with Gasteiger partial charge in [-0.05, 0) is 37.6 Å². The molecule has 0 saturated heterocycles. The summed E-state index contributed by atoms with van der Waals surface area (Å²) in [7, 11) is 5.92. The van der Waals surface area contributed by atoms with Crippen molar-refractivity contribution in [3.05, 3.63) is 75.7 Å². The average Bonchev–Trinajstić information content (AvgIpc) is 3.51. The Morgan fingerprint density at radius 3 is 2.32 bits per heavy atom. The van der Waals surface area contributed by atoms with Crippen LogP contribution in [-0.4, -0.2) is 75.2 Å². The van der Waals surface area contributed by atoms with Gasteiger partial charge in [-0.3, -0.25) is 0 Å². The highest BCUT2D eigenvalue weighted by Crippen LogP contribution is 2.42. The molecule has 0 bridgehead atoms. The van der Waals surface area contributed by atoms with Crippen molar-refractivity contribution < 1.29 is 38.0 Å². The minimum atomic E-state index is -0.827. The number of nitrogens with zero attached hydrogens (tertiary/aromatic N) is 3. The zero-order chi connectivity index (χ0) is 31.8. The molecule has 2 heterocycles. The lowest BCUT2D eigenvalue weighted by atomic mass is 9.80. The summed E-state index contributed by atoms with van der Waals surface area (Å²) in [6, 6.07) is 10.6. The van der Waals surface area contributed by atoms with Crippen molar-refractivity contribution in [2.75, 3.05) is 48.3 Å². The predicted octanol–water partition coefficient (Wildman–Crippen LogP) is 4.29. The largest absolute Gasteiger partial charge is 0.493 e. The van der Waals surface area contributed by atoms with Crippen LogP contribution in [-0.2, 0) is 30.3 Å².